The first kappa shape index (κ1) is 18.4. The van der Waals surface area contributed by atoms with Crippen molar-refractivity contribution in [2.24, 2.45) is 11.1 Å². The number of pyridine rings is 1. The number of carboxylic acid groups (broad SMARTS) is 1. The molecule has 0 saturated heterocycles. The SMILES string of the molecule is Cc1nc(CC(C)(C)C)c(CN)c(-c2ccc(Cl)cc2)c1C(=O)O. The molecule has 0 saturated carbocycles. The van der Waals surface area contributed by atoms with Crippen LogP contribution in [0.5, 0.6) is 0 Å². The molecule has 0 bridgehead atoms. The number of carboxylic acids is 1. The highest BCUT2D eigenvalue weighted by Gasteiger charge is 2.24. The lowest BCUT2D eigenvalue weighted by Crippen LogP contribution is -2.18. The number of aromatic carboxylic acids is 1. The predicted octanol–water partition coefficient (Wildman–Crippen LogP) is 4.46. The van der Waals surface area contributed by atoms with Crippen LogP contribution in [0.25, 0.3) is 11.1 Å². The zero-order valence-corrected chi connectivity index (χ0v) is 15.2. The average Bonchev–Trinajstić information content (AvgIpc) is 2.45. The maximum Gasteiger partial charge on any atom is 0.338 e. The van der Waals surface area contributed by atoms with Crippen LogP contribution in [0.2, 0.25) is 5.02 Å². The van der Waals surface area contributed by atoms with Crippen molar-refractivity contribution in [3.05, 3.63) is 51.8 Å². The monoisotopic (exact) mass is 346 g/mol. The zero-order valence-electron chi connectivity index (χ0n) is 14.5. The van der Waals surface area contributed by atoms with Gasteiger partial charge in [0.15, 0.2) is 0 Å². The maximum absolute atomic E-state index is 11.8. The summed E-state index contributed by atoms with van der Waals surface area (Å²) in [6.45, 7) is 8.33. The highest BCUT2D eigenvalue weighted by Crippen LogP contribution is 2.34. The van der Waals surface area contributed by atoms with E-state index in [1.807, 2.05) is 12.1 Å². The molecule has 0 aliphatic carbocycles. The number of nitrogens with two attached hydrogens (primary N) is 1. The zero-order chi connectivity index (χ0) is 18.1. The Labute approximate surface area is 147 Å². The van der Waals surface area contributed by atoms with Crippen molar-refractivity contribution >= 4 is 17.6 Å². The molecule has 0 spiro atoms. The van der Waals surface area contributed by atoms with Gasteiger partial charge in [-0.25, -0.2) is 4.79 Å². The van der Waals surface area contributed by atoms with E-state index in [1.165, 1.54) is 0 Å². The summed E-state index contributed by atoms with van der Waals surface area (Å²) in [6, 6.07) is 7.15. The van der Waals surface area contributed by atoms with Crippen LogP contribution >= 0.6 is 11.6 Å². The molecule has 0 aliphatic rings. The fourth-order valence-corrected chi connectivity index (χ4v) is 2.99. The van der Waals surface area contributed by atoms with E-state index in [1.54, 1.807) is 19.1 Å². The van der Waals surface area contributed by atoms with Gasteiger partial charge in [-0.15, -0.1) is 0 Å². The van der Waals surface area contributed by atoms with Gasteiger partial charge in [0.25, 0.3) is 0 Å². The first-order chi connectivity index (χ1) is 11.1. The third-order valence-corrected chi connectivity index (χ3v) is 4.07. The Morgan fingerprint density at radius 3 is 2.29 bits per heavy atom. The lowest BCUT2D eigenvalue weighted by atomic mass is 9.85. The van der Waals surface area contributed by atoms with Crippen molar-refractivity contribution in [1.29, 1.82) is 0 Å². The highest BCUT2D eigenvalue weighted by molar-refractivity contribution is 6.30. The molecule has 24 heavy (non-hydrogen) atoms. The molecule has 2 aromatic rings. The van der Waals surface area contributed by atoms with E-state index in [0.717, 1.165) is 23.2 Å². The van der Waals surface area contributed by atoms with E-state index >= 15 is 0 Å². The topological polar surface area (TPSA) is 76.2 Å². The summed E-state index contributed by atoms with van der Waals surface area (Å²) in [6.07, 6.45) is 0.723. The van der Waals surface area contributed by atoms with Gasteiger partial charge in [-0.1, -0.05) is 44.5 Å². The molecular formula is C19H23ClN2O2. The van der Waals surface area contributed by atoms with Crippen LogP contribution in [-0.2, 0) is 13.0 Å². The second kappa shape index (κ2) is 6.91. The standard InChI is InChI=1S/C19H23ClN2O2/c1-11-16(18(23)24)17(12-5-7-13(20)8-6-12)14(10-21)15(22-11)9-19(2,3)4/h5-8H,9-10,21H2,1-4H3,(H,23,24). The molecule has 5 heteroatoms. The normalized spacial score (nSPS) is 11.6. The molecule has 1 aromatic carbocycles. The molecule has 0 aliphatic heterocycles. The summed E-state index contributed by atoms with van der Waals surface area (Å²) in [4.78, 5) is 16.4. The Morgan fingerprint density at radius 2 is 1.83 bits per heavy atom. The molecule has 128 valence electrons. The molecule has 2 rings (SSSR count). The van der Waals surface area contributed by atoms with Gasteiger partial charge in [-0.2, -0.15) is 0 Å². The number of hydrogen-bond acceptors (Lipinski definition) is 3. The minimum atomic E-state index is -0.998. The van der Waals surface area contributed by atoms with Gasteiger partial charge < -0.3 is 10.8 Å². The summed E-state index contributed by atoms with van der Waals surface area (Å²) in [5, 5.41) is 10.3. The van der Waals surface area contributed by atoms with Gasteiger partial charge in [0.1, 0.15) is 0 Å². The largest absolute Gasteiger partial charge is 0.478 e. The molecule has 0 radical (unpaired) electrons. The Bertz CT molecular complexity index is 762. The number of aromatic nitrogens is 1. The van der Waals surface area contributed by atoms with Crippen LogP contribution in [0.15, 0.2) is 24.3 Å². The number of hydrogen-bond donors (Lipinski definition) is 2. The fraction of sp³-hybridized carbons (Fsp3) is 0.368. The van der Waals surface area contributed by atoms with Crippen molar-refractivity contribution in [2.45, 2.75) is 40.7 Å². The van der Waals surface area contributed by atoms with E-state index in [9.17, 15) is 9.90 Å². The van der Waals surface area contributed by atoms with Crippen molar-refractivity contribution in [2.75, 3.05) is 0 Å². The van der Waals surface area contributed by atoms with Gasteiger partial charge in [0, 0.05) is 22.8 Å². The lowest BCUT2D eigenvalue weighted by Gasteiger charge is -2.23. The summed E-state index contributed by atoms with van der Waals surface area (Å²) in [5.74, 6) is -0.998. The Hall–Kier alpha value is -1.91. The van der Waals surface area contributed by atoms with Crippen molar-refractivity contribution in [3.8, 4) is 11.1 Å². The quantitative estimate of drug-likeness (QED) is 0.857. The van der Waals surface area contributed by atoms with Crippen molar-refractivity contribution < 1.29 is 9.90 Å². The second-order valence-corrected chi connectivity index (χ2v) is 7.56. The van der Waals surface area contributed by atoms with Crippen LogP contribution in [-0.4, -0.2) is 16.1 Å². The third kappa shape index (κ3) is 3.94. The van der Waals surface area contributed by atoms with Crippen molar-refractivity contribution in [3.63, 3.8) is 0 Å². The van der Waals surface area contributed by atoms with Gasteiger partial charge in [0.05, 0.1) is 11.3 Å². The number of halogens is 1. The second-order valence-electron chi connectivity index (χ2n) is 7.13. The van der Waals surface area contributed by atoms with E-state index in [-0.39, 0.29) is 17.5 Å². The molecule has 1 aromatic heterocycles. The summed E-state index contributed by atoms with van der Waals surface area (Å²) in [7, 11) is 0. The molecule has 0 unspecified atom stereocenters. The molecule has 0 amide bonds. The Balaban J connectivity index is 2.81. The predicted molar refractivity (Wildman–Crippen MR) is 97.4 cm³/mol. The van der Waals surface area contributed by atoms with Crippen LogP contribution in [0.3, 0.4) is 0 Å². The molecular weight excluding hydrogens is 324 g/mol. The van der Waals surface area contributed by atoms with Crippen LogP contribution < -0.4 is 5.73 Å². The first-order valence-electron chi connectivity index (χ1n) is 7.85. The van der Waals surface area contributed by atoms with E-state index < -0.39 is 5.97 Å². The van der Waals surface area contributed by atoms with Gasteiger partial charge >= 0.3 is 5.97 Å². The fourth-order valence-electron chi connectivity index (χ4n) is 2.87. The van der Waals surface area contributed by atoms with Crippen molar-refractivity contribution in [1.82, 2.24) is 4.98 Å². The lowest BCUT2D eigenvalue weighted by molar-refractivity contribution is 0.0696. The summed E-state index contributed by atoms with van der Waals surface area (Å²) in [5.41, 5.74) is 9.81. The minimum Gasteiger partial charge on any atom is -0.478 e. The van der Waals surface area contributed by atoms with Gasteiger partial charge in [-0.3, -0.25) is 4.98 Å². The Kier molecular flexibility index (Phi) is 5.31. The summed E-state index contributed by atoms with van der Waals surface area (Å²) >= 11 is 5.97. The highest BCUT2D eigenvalue weighted by atomic mass is 35.5. The average molecular weight is 347 g/mol. The number of aryl methyl sites for hydroxylation is 1. The number of rotatable bonds is 4. The van der Waals surface area contributed by atoms with E-state index in [0.29, 0.717) is 16.3 Å². The van der Waals surface area contributed by atoms with Crippen LogP contribution in [0, 0.1) is 12.3 Å². The number of nitrogens with zero attached hydrogens (tertiary/aromatic N) is 1. The molecule has 4 nitrogen and oxygen atoms in total. The van der Waals surface area contributed by atoms with Crippen LogP contribution in [0.4, 0.5) is 0 Å². The number of carbonyl (C=O) groups is 1. The summed E-state index contributed by atoms with van der Waals surface area (Å²) < 4.78 is 0. The third-order valence-electron chi connectivity index (χ3n) is 3.81. The first-order valence-corrected chi connectivity index (χ1v) is 8.23. The van der Waals surface area contributed by atoms with Gasteiger partial charge in [0.2, 0.25) is 0 Å². The smallest absolute Gasteiger partial charge is 0.338 e. The number of benzene rings is 1. The van der Waals surface area contributed by atoms with E-state index in [4.69, 9.17) is 17.3 Å². The van der Waals surface area contributed by atoms with Gasteiger partial charge in [-0.05, 0) is 42.0 Å². The van der Waals surface area contributed by atoms with Crippen LogP contribution in [0.1, 0.15) is 48.1 Å². The molecule has 1 heterocycles. The molecule has 0 atom stereocenters. The molecule has 0 fully saturated rings. The minimum absolute atomic E-state index is 0.0192. The maximum atomic E-state index is 11.8. The van der Waals surface area contributed by atoms with E-state index in [2.05, 4.69) is 25.8 Å². The Morgan fingerprint density at radius 1 is 1.25 bits per heavy atom. The molecule has 3 N–H and O–H groups in total.